The van der Waals surface area contributed by atoms with E-state index in [-0.39, 0.29) is 48.9 Å². The number of urea groups is 1. The monoisotopic (exact) mass is 479 g/mol. The predicted octanol–water partition coefficient (Wildman–Crippen LogP) is 1.35. The van der Waals surface area contributed by atoms with Crippen LogP contribution in [-0.2, 0) is 25.7 Å². The molecule has 190 valence electrons. The number of rotatable bonds is 13. The van der Waals surface area contributed by atoms with Gasteiger partial charge in [0.2, 0.25) is 11.8 Å². The summed E-state index contributed by atoms with van der Waals surface area (Å²) in [4.78, 5) is 47.8. The molecule has 2 unspecified atom stereocenters. The number of nitrogens with one attached hydrogen (secondary N) is 4. The highest BCUT2D eigenvalue weighted by Gasteiger charge is 2.28. The number of anilines is 1. The van der Waals surface area contributed by atoms with E-state index in [9.17, 15) is 24.3 Å². The number of esters is 1. The maximum absolute atomic E-state index is 13.0. The number of benzene rings is 1. The SMILES string of the molecule is CC(=O)OCc1ccc(NC(=O)C(CCCNC(N)=O)NC(=O)C(NC(C)C)C(C)C)c(O)c1. The number of amides is 4. The Morgan fingerprint density at radius 2 is 1.76 bits per heavy atom. The first kappa shape index (κ1) is 28.7. The quantitative estimate of drug-likeness (QED) is 0.141. The standard InChI is InChI=1S/C23H37N5O6/c1-13(2)20(26-14(3)4)22(32)28-18(7-6-10-25-23(24)33)21(31)27-17-9-8-16(11-19(17)30)12-34-15(5)29/h8-9,11,13-14,18,20,26,30H,6-7,10,12H2,1-5H3,(H,27,31)(H,28,32)(H3,24,25,33). The number of nitrogens with two attached hydrogens (primary N) is 1. The molecule has 4 amide bonds. The summed E-state index contributed by atoms with van der Waals surface area (Å²) in [6.45, 7) is 9.17. The highest BCUT2D eigenvalue weighted by molar-refractivity contribution is 5.98. The van der Waals surface area contributed by atoms with Crippen molar-refractivity contribution in [3.63, 3.8) is 0 Å². The van der Waals surface area contributed by atoms with Crippen LogP contribution < -0.4 is 27.0 Å². The molecule has 1 aromatic carbocycles. The Morgan fingerprint density at radius 3 is 2.29 bits per heavy atom. The smallest absolute Gasteiger partial charge is 0.312 e. The number of aromatic hydroxyl groups is 1. The number of primary amides is 1. The van der Waals surface area contributed by atoms with Gasteiger partial charge >= 0.3 is 12.0 Å². The zero-order valence-electron chi connectivity index (χ0n) is 20.4. The molecular formula is C23H37N5O6. The lowest BCUT2D eigenvalue weighted by molar-refractivity contribution is -0.142. The molecule has 7 N–H and O–H groups in total. The minimum atomic E-state index is -0.919. The van der Waals surface area contributed by atoms with Crippen molar-refractivity contribution in [3.8, 4) is 5.75 Å². The molecule has 11 heteroatoms. The van der Waals surface area contributed by atoms with E-state index in [0.29, 0.717) is 12.0 Å². The molecule has 1 rings (SSSR count). The van der Waals surface area contributed by atoms with Crippen molar-refractivity contribution in [2.75, 3.05) is 11.9 Å². The van der Waals surface area contributed by atoms with Crippen molar-refractivity contribution in [2.45, 2.75) is 72.2 Å². The zero-order chi connectivity index (χ0) is 25.8. The van der Waals surface area contributed by atoms with E-state index < -0.39 is 30.0 Å². The summed E-state index contributed by atoms with van der Waals surface area (Å²) < 4.78 is 4.90. The summed E-state index contributed by atoms with van der Waals surface area (Å²) in [6, 6.07) is 2.42. The number of phenols is 1. The molecule has 0 fully saturated rings. The van der Waals surface area contributed by atoms with E-state index in [4.69, 9.17) is 10.5 Å². The zero-order valence-corrected chi connectivity index (χ0v) is 20.4. The van der Waals surface area contributed by atoms with E-state index >= 15 is 0 Å². The van der Waals surface area contributed by atoms with Gasteiger partial charge in [0, 0.05) is 19.5 Å². The minimum Gasteiger partial charge on any atom is -0.506 e. The molecule has 0 aliphatic rings. The van der Waals surface area contributed by atoms with Gasteiger partial charge in [-0.1, -0.05) is 33.8 Å². The Labute approximate surface area is 200 Å². The van der Waals surface area contributed by atoms with Gasteiger partial charge in [-0.15, -0.1) is 0 Å². The summed E-state index contributed by atoms with van der Waals surface area (Å²) in [5.41, 5.74) is 5.77. The second kappa shape index (κ2) is 14.0. The van der Waals surface area contributed by atoms with Crippen molar-refractivity contribution in [1.29, 1.82) is 0 Å². The van der Waals surface area contributed by atoms with Gasteiger partial charge in [-0.3, -0.25) is 14.4 Å². The van der Waals surface area contributed by atoms with Gasteiger partial charge in [0.1, 0.15) is 18.4 Å². The Balaban J connectivity index is 2.95. The van der Waals surface area contributed by atoms with Gasteiger partial charge in [0.25, 0.3) is 0 Å². The molecular weight excluding hydrogens is 442 g/mol. The highest BCUT2D eigenvalue weighted by atomic mass is 16.5. The van der Waals surface area contributed by atoms with Crippen LogP contribution in [0.25, 0.3) is 0 Å². The first-order valence-electron chi connectivity index (χ1n) is 11.3. The van der Waals surface area contributed by atoms with E-state index in [1.807, 2.05) is 27.7 Å². The van der Waals surface area contributed by atoms with Crippen LogP contribution in [0.5, 0.6) is 5.75 Å². The summed E-state index contributed by atoms with van der Waals surface area (Å²) in [5.74, 6) is -1.53. The van der Waals surface area contributed by atoms with Crippen molar-refractivity contribution >= 4 is 29.5 Å². The second-order valence-corrected chi connectivity index (χ2v) is 8.66. The molecule has 0 aliphatic carbocycles. The molecule has 11 nitrogen and oxygen atoms in total. The topological polar surface area (TPSA) is 172 Å². The first-order valence-corrected chi connectivity index (χ1v) is 11.3. The van der Waals surface area contributed by atoms with Crippen molar-refractivity contribution in [2.24, 2.45) is 11.7 Å². The number of phenolic OH excluding ortho intramolecular Hbond substituents is 1. The lowest BCUT2D eigenvalue weighted by atomic mass is 10.0. The first-order chi connectivity index (χ1) is 15.9. The molecule has 0 saturated heterocycles. The maximum atomic E-state index is 13.0. The summed E-state index contributed by atoms with van der Waals surface area (Å²) in [5, 5.41) is 21.3. The molecule has 0 spiro atoms. The van der Waals surface area contributed by atoms with Gasteiger partial charge in [-0.25, -0.2) is 4.79 Å². The van der Waals surface area contributed by atoms with E-state index in [0.717, 1.165) is 0 Å². The maximum Gasteiger partial charge on any atom is 0.312 e. The van der Waals surface area contributed by atoms with Gasteiger partial charge in [-0.05, 0) is 36.5 Å². The summed E-state index contributed by atoms with van der Waals surface area (Å²) in [7, 11) is 0. The fraction of sp³-hybridized carbons (Fsp3) is 0.565. The van der Waals surface area contributed by atoms with Gasteiger partial charge < -0.3 is 36.8 Å². The Bertz CT molecular complexity index is 858. The van der Waals surface area contributed by atoms with Crippen LogP contribution in [0.3, 0.4) is 0 Å². The molecule has 0 aliphatic heterocycles. The van der Waals surface area contributed by atoms with Gasteiger partial charge in [0.15, 0.2) is 0 Å². The molecule has 0 radical (unpaired) electrons. The Hall–Kier alpha value is -3.34. The predicted molar refractivity (Wildman–Crippen MR) is 128 cm³/mol. The van der Waals surface area contributed by atoms with E-state index in [2.05, 4.69) is 21.3 Å². The number of hydrogen-bond acceptors (Lipinski definition) is 7. The Kier molecular flexibility index (Phi) is 11.8. The van der Waals surface area contributed by atoms with Gasteiger partial charge in [0.05, 0.1) is 11.7 Å². The largest absolute Gasteiger partial charge is 0.506 e. The van der Waals surface area contributed by atoms with Crippen molar-refractivity contribution in [3.05, 3.63) is 23.8 Å². The average molecular weight is 480 g/mol. The fourth-order valence-electron chi connectivity index (χ4n) is 3.16. The van der Waals surface area contributed by atoms with Crippen LogP contribution in [0.4, 0.5) is 10.5 Å². The molecule has 34 heavy (non-hydrogen) atoms. The summed E-state index contributed by atoms with van der Waals surface area (Å²) >= 11 is 0. The molecule has 0 aromatic heterocycles. The van der Waals surface area contributed by atoms with Crippen molar-refractivity contribution in [1.82, 2.24) is 16.0 Å². The lowest BCUT2D eigenvalue weighted by Gasteiger charge is -2.27. The lowest BCUT2D eigenvalue weighted by Crippen LogP contribution is -2.54. The second-order valence-electron chi connectivity index (χ2n) is 8.66. The molecule has 1 aromatic rings. The van der Waals surface area contributed by atoms with Crippen molar-refractivity contribution < 1.29 is 29.0 Å². The number of carbonyl (C=O) groups is 4. The molecule has 2 atom stereocenters. The number of hydrogen-bond donors (Lipinski definition) is 6. The number of ether oxygens (including phenoxy) is 1. The third-order valence-corrected chi connectivity index (χ3v) is 4.83. The van der Waals surface area contributed by atoms with E-state index in [1.54, 1.807) is 6.07 Å². The highest BCUT2D eigenvalue weighted by Crippen LogP contribution is 2.25. The molecule has 0 saturated carbocycles. The minimum absolute atomic E-state index is 0.0118. The van der Waals surface area contributed by atoms with Crippen LogP contribution in [-0.4, -0.2) is 53.6 Å². The van der Waals surface area contributed by atoms with Gasteiger partial charge in [-0.2, -0.15) is 0 Å². The van der Waals surface area contributed by atoms with Crippen LogP contribution in [0.2, 0.25) is 0 Å². The average Bonchev–Trinajstić information content (AvgIpc) is 2.73. The van der Waals surface area contributed by atoms with Crippen LogP contribution in [0, 0.1) is 5.92 Å². The third-order valence-electron chi connectivity index (χ3n) is 4.83. The molecule has 0 bridgehead atoms. The Morgan fingerprint density at radius 1 is 1.09 bits per heavy atom. The summed E-state index contributed by atoms with van der Waals surface area (Å²) in [6.07, 6.45) is 0.619. The van der Waals surface area contributed by atoms with Crippen LogP contribution in [0.15, 0.2) is 18.2 Å². The third kappa shape index (κ3) is 10.5. The van der Waals surface area contributed by atoms with Crippen LogP contribution >= 0.6 is 0 Å². The van der Waals surface area contributed by atoms with E-state index in [1.165, 1.54) is 19.1 Å². The van der Waals surface area contributed by atoms with Crippen LogP contribution in [0.1, 0.15) is 53.0 Å². The number of carbonyl (C=O) groups excluding carboxylic acids is 4. The fourth-order valence-corrected chi connectivity index (χ4v) is 3.16. The molecule has 0 heterocycles. The normalized spacial score (nSPS) is 12.7.